The summed E-state index contributed by atoms with van der Waals surface area (Å²) in [7, 11) is -0.740. The van der Waals surface area contributed by atoms with E-state index in [4.69, 9.17) is 4.74 Å². The Morgan fingerprint density at radius 1 is 1.17 bits per heavy atom. The molecule has 0 saturated heterocycles. The monoisotopic (exact) mass is 342 g/mol. The van der Waals surface area contributed by atoms with Crippen LogP contribution in [0.5, 0.6) is 0 Å². The summed E-state index contributed by atoms with van der Waals surface area (Å²) >= 11 is 0. The van der Waals surface area contributed by atoms with Gasteiger partial charge in [-0.3, -0.25) is 9.59 Å². The van der Waals surface area contributed by atoms with Crippen molar-refractivity contribution < 1.29 is 22.7 Å². The van der Waals surface area contributed by atoms with Gasteiger partial charge in [0.2, 0.25) is 10.0 Å². The van der Waals surface area contributed by atoms with E-state index in [9.17, 15) is 18.0 Å². The summed E-state index contributed by atoms with van der Waals surface area (Å²) in [6, 6.07) is 5.87. The molecule has 0 fully saturated rings. The van der Waals surface area contributed by atoms with E-state index < -0.39 is 28.0 Å². The first kappa shape index (κ1) is 19.1. The van der Waals surface area contributed by atoms with Gasteiger partial charge in [0.25, 0.3) is 5.91 Å². The number of ether oxygens (including phenoxy) is 1. The molecule has 0 heterocycles. The summed E-state index contributed by atoms with van der Waals surface area (Å²) in [4.78, 5) is 23.6. The van der Waals surface area contributed by atoms with E-state index in [1.807, 2.05) is 0 Å². The van der Waals surface area contributed by atoms with E-state index in [2.05, 4.69) is 5.32 Å². The summed E-state index contributed by atoms with van der Waals surface area (Å²) in [5, 5.41) is 2.54. The van der Waals surface area contributed by atoms with Crippen LogP contribution >= 0.6 is 0 Å². The Morgan fingerprint density at radius 3 is 2.30 bits per heavy atom. The minimum atomic E-state index is -3.59. The van der Waals surface area contributed by atoms with Gasteiger partial charge in [-0.1, -0.05) is 19.9 Å². The Balaban J connectivity index is 2.86. The van der Waals surface area contributed by atoms with Crippen LogP contribution in [0.3, 0.4) is 0 Å². The standard InChI is InChI=1S/C15H22N2O5S/c1-10(2)15(19)22-11(3)14(18)16-12-7-6-8-13(9-12)23(20,21)17(4)5/h6-11H,1-5H3,(H,16,18)/t11-/m0/s1. The molecule has 1 N–H and O–H groups in total. The minimum absolute atomic E-state index is 0.0622. The Kier molecular flexibility index (Phi) is 6.28. The summed E-state index contributed by atoms with van der Waals surface area (Å²) in [5.74, 6) is -1.34. The molecule has 0 aromatic heterocycles. The number of nitrogens with zero attached hydrogens (tertiary/aromatic N) is 1. The first-order valence-corrected chi connectivity index (χ1v) is 8.53. The lowest BCUT2D eigenvalue weighted by Gasteiger charge is -2.16. The number of rotatable bonds is 6. The third-order valence-electron chi connectivity index (χ3n) is 3.01. The van der Waals surface area contributed by atoms with E-state index in [0.717, 1.165) is 4.31 Å². The van der Waals surface area contributed by atoms with Gasteiger partial charge in [-0.05, 0) is 25.1 Å². The van der Waals surface area contributed by atoms with Crippen LogP contribution in [0.15, 0.2) is 29.2 Å². The van der Waals surface area contributed by atoms with Gasteiger partial charge in [0, 0.05) is 19.8 Å². The van der Waals surface area contributed by atoms with Crippen LogP contribution in [0.25, 0.3) is 0 Å². The second kappa shape index (κ2) is 7.56. The first-order chi connectivity index (χ1) is 10.6. The van der Waals surface area contributed by atoms with Gasteiger partial charge >= 0.3 is 5.97 Å². The van der Waals surface area contributed by atoms with Crippen molar-refractivity contribution in [1.29, 1.82) is 0 Å². The van der Waals surface area contributed by atoms with Gasteiger partial charge in [0.05, 0.1) is 10.8 Å². The molecule has 128 valence electrons. The van der Waals surface area contributed by atoms with E-state index in [1.54, 1.807) is 19.9 Å². The molecule has 0 spiro atoms. The van der Waals surface area contributed by atoms with Gasteiger partial charge < -0.3 is 10.1 Å². The summed E-state index contributed by atoms with van der Waals surface area (Å²) in [5.41, 5.74) is 0.311. The van der Waals surface area contributed by atoms with E-state index >= 15 is 0 Å². The molecule has 0 radical (unpaired) electrons. The van der Waals surface area contributed by atoms with Crippen molar-refractivity contribution in [1.82, 2.24) is 4.31 Å². The van der Waals surface area contributed by atoms with Crippen molar-refractivity contribution in [3.05, 3.63) is 24.3 Å². The predicted octanol–water partition coefficient (Wildman–Crippen LogP) is 1.46. The number of esters is 1. The fraction of sp³-hybridized carbons (Fsp3) is 0.467. The molecule has 1 aromatic rings. The second-order valence-corrected chi connectivity index (χ2v) is 7.69. The highest BCUT2D eigenvalue weighted by molar-refractivity contribution is 7.89. The Morgan fingerprint density at radius 2 is 1.78 bits per heavy atom. The SMILES string of the molecule is CC(C)C(=O)O[C@@H](C)C(=O)Nc1cccc(S(=O)(=O)N(C)C)c1. The van der Waals surface area contributed by atoms with Crippen molar-refractivity contribution >= 4 is 27.6 Å². The van der Waals surface area contributed by atoms with Gasteiger partial charge in [-0.15, -0.1) is 0 Å². The van der Waals surface area contributed by atoms with Crippen molar-refractivity contribution in [2.75, 3.05) is 19.4 Å². The maximum absolute atomic E-state index is 12.1. The number of hydrogen-bond donors (Lipinski definition) is 1. The zero-order valence-corrected chi connectivity index (χ0v) is 14.7. The summed E-state index contributed by atoms with van der Waals surface area (Å²) < 4.78 is 30.2. The number of carbonyl (C=O) groups excluding carboxylic acids is 2. The highest BCUT2D eigenvalue weighted by atomic mass is 32.2. The smallest absolute Gasteiger partial charge is 0.309 e. The van der Waals surface area contributed by atoms with Gasteiger partial charge in [0.15, 0.2) is 6.10 Å². The quantitative estimate of drug-likeness (QED) is 0.790. The van der Waals surface area contributed by atoms with E-state index in [0.29, 0.717) is 5.69 Å². The highest BCUT2D eigenvalue weighted by Gasteiger charge is 2.21. The van der Waals surface area contributed by atoms with Crippen LogP contribution in [-0.4, -0.2) is 44.8 Å². The number of carbonyl (C=O) groups is 2. The third-order valence-corrected chi connectivity index (χ3v) is 4.82. The van der Waals surface area contributed by atoms with E-state index in [-0.39, 0.29) is 10.8 Å². The molecule has 1 amide bonds. The molecule has 0 unspecified atom stereocenters. The van der Waals surface area contributed by atoms with Crippen LogP contribution in [-0.2, 0) is 24.3 Å². The number of benzene rings is 1. The zero-order chi connectivity index (χ0) is 17.8. The molecule has 23 heavy (non-hydrogen) atoms. The molecule has 1 rings (SSSR count). The van der Waals surface area contributed by atoms with Crippen LogP contribution in [0.4, 0.5) is 5.69 Å². The second-order valence-electron chi connectivity index (χ2n) is 5.54. The Hall–Kier alpha value is -1.93. The highest BCUT2D eigenvalue weighted by Crippen LogP contribution is 2.18. The molecule has 0 aliphatic rings. The largest absolute Gasteiger partial charge is 0.452 e. The van der Waals surface area contributed by atoms with Crippen molar-refractivity contribution in [3.8, 4) is 0 Å². The van der Waals surface area contributed by atoms with Gasteiger partial charge in [-0.2, -0.15) is 0 Å². The number of amides is 1. The number of anilines is 1. The maximum Gasteiger partial charge on any atom is 0.309 e. The molecule has 8 heteroatoms. The van der Waals surface area contributed by atoms with Crippen LogP contribution in [0.1, 0.15) is 20.8 Å². The fourth-order valence-corrected chi connectivity index (χ4v) is 2.50. The molecule has 7 nitrogen and oxygen atoms in total. The molecule has 0 aliphatic heterocycles. The molecular formula is C15H22N2O5S. The van der Waals surface area contributed by atoms with Crippen LogP contribution in [0, 0.1) is 5.92 Å². The van der Waals surface area contributed by atoms with Crippen LogP contribution in [0.2, 0.25) is 0 Å². The normalized spacial score (nSPS) is 13.0. The van der Waals surface area contributed by atoms with Gasteiger partial charge in [-0.25, -0.2) is 12.7 Å². The maximum atomic E-state index is 12.1. The van der Waals surface area contributed by atoms with Crippen molar-refractivity contribution in [2.24, 2.45) is 5.92 Å². The number of hydrogen-bond acceptors (Lipinski definition) is 5. The summed E-state index contributed by atoms with van der Waals surface area (Å²) in [6.07, 6.45) is -0.973. The minimum Gasteiger partial charge on any atom is -0.452 e. The zero-order valence-electron chi connectivity index (χ0n) is 13.9. The van der Waals surface area contributed by atoms with E-state index in [1.165, 1.54) is 39.2 Å². The molecule has 0 saturated carbocycles. The average molecular weight is 342 g/mol. The lowest BCUT2D eigenvalue weighted by atomic mass is 10.2. The molecule has 1 aromatic carbocycles. The van der Waals surface area contributed by atoms with Crippen LogP contribution < -0.4 is 5.32 Å². The molecule has 1 atom stereocenters. The fourth-order valence-electron chi connectivity index (χ4n) is 1.55. The average Bonchev–Trinajstić information content (AvgIpc) is 2.46. The summed E-state index contributed by atoms with van der Waals surface area (Å²) in [6.45, 7) is 4.79. The Bertz CT molecular complexity index is 683. The molecule has 0 bridgehead atoms. The Labute approximate surface area is 136 Å². The molecule has 0 aliphatic carbocycles. The third kappa shape index (κ3) is 5.04. The lowest BCUT2D eigenvalue weighted by Crippen LogP contribution is -2.31. The van der Waals surface area contributed by atoms with Gasteiger partial charge in [0.1, 0.15) is 0 Å². The number of sulfonamides is 1. The lowest BCUT2D eigenvalue weighted by molar-refractivity contribution is -0.156. The predicted molar refractivity (Wildman–Crippen MR) is 86.3 cm³/mol. The van der Waals surface area contributed by atoms with Crippen molar-refractivity contribution in [2.45, 2.75) is 31.8 Å². The number of nitrogens with one attached hydrogen (secondary N) is 1. The van der Waals surface area contributed by atoms with Crippen molar-refractivity contribution in [3.63, 3.8) is 0 Å². The molecular weight excluding hydrogens is 320 g/mol. The first-order valence-electron chi connectivity index (χ1n) is 7.09. The topological polar surface area (TPSA) is 92.8 Å².